The van der Waals surface area contributed by atoms with Gasteiger partial charge in [-0.2, -0.15) is 9.97 Å². The molecule has 0 aliphatic heterocycles. The number of nitrogens with two attached hydrogens (primary N) is 1. The third kappa shape index (κ3) is 2.36. The molecule has 0 spiro atoms. The fraction of sp³-hybridized carbons (Fsp3) is 0.615. The Morgan fingerprint density at radius 1 is 1.50 bits per heavy atom. The summed E-state index contributed by atoms with van der Waals surface area (Å²) in [6.45, 7) is 0.140. The lowest BCUT2D eigenvalue weighted by molar-refractivity contribution is -0.115. The molecule has 120 valence electrons. The number of imidazole rings is 1. The van der Waals surface area contributed by atoms with Crippen LogP contribution in [0.1, 0.15) is 6.42 Å². The zero-order valence-electron chi connectivity index (χ0n) is 12.1. The Bertz CT molecular complexity index is 676. The van der Waals surface area contributed by atoms with Gasteiger partial charge in [0.2, 0.25) is 11.8 Å². The van der Waals surface area contributed by atoms with E-state index in [-0.39, 0.29) is 24.4 Å². The van der Waals surface area contributed by atoms with Crippen LogP contribution in [0.15, 0.2) is 6.33 Å². The quantitative estimate of drug-likeness (QED) is 0.538. The van der Waals surface area contributed by atoms with Crippen molar-refractivity contribution < 1.29 is 20.1 Å². The molecule has 1 aliphatic carbocycles. The molecule has 9 heteroatoms. The highest BCUT2D eigenvalue weighted by Crippen LogP contribution is 2.39. The second kappa shape index (κ2) is 5.67. The van der Waals surface area contributed by atoms with Crippen molar-refractivity contribution in [3.05, 3.63) is 6.33 Å². The topological polar surface area (TPSA) is 140 Å². The second-order valence-electron chi connectivity index (χ2n) is 5.55. The highest BCUT2D eigenvalue weighted by molar-refractivity contribution is 5.77. The van der Waals surface area contributed by atoms with Gasteiger partial charge in [-0.3, -0.25) is 0 Å². The molecule has 9 nitrogen and oxygen atoms in total. The number of hydrogen-bond acceptors (Lipinski definition) is 8. The van der Waals surface area contributed by atoms with Gasteiger partial charge >= 0.3 is 0 Å². The fourth-order valence-corrected chi connectivity index (χ4v) is 3.09. The highest BCUT2D eigenvalue weighted by Gasteiger charge is 2.44. The predicted molar refractivity (Wildman–Crippen MR) is 77.0 cm³/mol. The van der Waals surface area contributed by atoms with Crippen LogP contribution in [0.2, 0.25) is 0 Å². The normalized spacial score (nSPS) is 25.9. The van der Waals surface area contributed by atoms with Crippen LogP contribution in [0.25, 0.3) is 11.2 Å². The molecule has 0 unspecified atom stereocenters. The number of rotatable bonds is 5. The van der Waals surface area contributed by atoms with Gasteiger partial charge in [-0.25, -0.2) is 4.98 Å². The van der Waals surface area contributed by atoms with Crippen molar-refractivity contribution >= 4 is 17.1 Å². The average Bonchev–Trinajstić information content (AvgIpc) is 2.88. The monoisotopic (exact) mass is 309 g/mol. The lowest BCUT2D eigenvalue weighted by Gasteiger charge is -2.44. The molecule has 1 saturated carbocycles. The maximum Gasteiger partial charge on any atom is 0.246 e. The van der Waals surface area contributed by atoms with Crippen LogP contribution in [-0.4, -0.2) is 60.8 Å². The average molecular weight is 309 g/mol. The first-order valence-electron chi connectivity index (χ1n) is 7.04. The third-order valence-electron chi connectivity index (χ3n) is 4.24. The van der Waals surface area contributed by atoms with E-state index in [1.807, 2.05) is 0 Å². The van der Waals surface area contributed by atoms with Gasteiger partial charge in [-0.05, 0) is 12.3 Å². The number of nitrogen functional groups attached to an aromatic ring is 1. The summed E-state index contributed by atoms with van der Waals surface area (Å²) in [5.74, 6) is 0.0637. The van der Waals surface area contributed by atoms with E-state index in [1.54, 1.807) is 10.9 Å². The van der Waals surface area contributed by atoms with Crippen molar-refractivity contribution in [2.45, 2.75) is 25.2 Å². The predicted octanol–water partition coefficient (Wildman–Crippen LogP) is -1.23. The van der Waals surface area contributed by atoms with E-state index in [9.17, 15) is 10.2 Å². The molecule has 0 aromatic carbocycles. The summed E-state index contributed by atoms with van der Waals surface area (Å²) in [6.07, 6.45) is 0.627. The van der Waals surface area contributed by atoms with Crippen LogP contribution in [0.3, 0.4) is 0 Å². The Balaban J connectivity index is 1.87. The van der Waals surface area contributed by atoms with Crippen molar-refractivity contribution in [3.8, 4) is 5.88 Å². The first-order valence-corrected chi connectivity index (χ1v) is 7.04. The Morgan fingerprint density at radius 2 is 2.27 bits per heavy atom. The molecule has 0 radical (unpaired) electrons. The molecule has 4 atom stereocenters. The number of nitrogens with zero attached hydrogens (tertiary/aromatic N) is 4. The fourth-order valence-electron chi connectivity index (χ4n) is 3.09. The van der Waals surface area contributed by atoms with Gasteiger partial charge in [0.05, 0.1) is 32.3 Å². The van der Waals surface area contributed by atoms with E-state index >= 15 is 0 Å². The van der Waals surface area contributed by atoms with E-state index in [0.29, 0.717) is 30.0 Å². The van der Waals surface area contributed by atoms with Gasteiger partial charge < -0.3 is 30.4 Å². The van der Waals surface area contributed by atoms with Gasteiger partial charge in [0.1, 0.15) is 0 Å². The van der Waals surface area contributed by atoms with E-state index in [0.717, 1.165) is 0 Å². The van der Waals surface area contributed by atoms with Crippen molar-refractivity contribution in [2.75, 3.05) is 19.5 Å². The summed E-state index contributed by atoms with van der Waals surface area (Å²) < 4.78 is 6.94. The molecule has 2 aromatic heterocycles. The molecular weight excluding hydrogens is 290 g/mol. The standard InChI is InChI=1S/C13H19N5O4/c1-22-12-10-11(16-13(14)17-12)18(5-15-10)3-6-2-7(20)9(6)8(21)4-19/h5-9,19-21H,2-4H2,1H3,(H2,14,16,17)/t6-,7-,8+,9+/m0/s1. The number of methoxy groups -OCH3 is 1. The summed E-state index contributed by atoms with van der Waals surface area (Å²) in [7, 11) is 1.48. The molecule has 1 aliphatic rings. The number of aromatic nitrogens is 4. The van der Waals surface area contributed by atoms with Crippen molar-refractivity contribution in [2.24, 2.45) is 11.8 Å². The second-order valence-corrected chi connectivity index (χ2v) is 5.55. The number of ether oxygens (including phenoxy) is 1. The molecule has 0 saturated heterocycles. The summed E-state index contributed by atoms with van der Waals surface area (Å²) in [5.41, 5.74) is 6.72. The maximum absolute atomic E-state index is 9.79. The largest absolute Gasteiger partial charge is 0.479 e. The SMILES string of the molecule is COc1nc(N)nc2c1ncn2C[C@@H]1C[C@H](O)[C@@H]1[C@H](O)CO. The molecule has 0 amide bonds. The molecule has 3 rings (SSSR count). The van der Waals surface area contributed by atoms with E-state index in [4.69, 9.17) is 15.6 Å². The van der Waals surface area contributed by atoms with Crippen LogP contribution < -0.4 is 10.5 Å². The summed E-state index contributed by atoms with van der Waals surface area (Å²) >= 11 is 0. The van der Waals surface area contributed by atoms with Gasteiger partial charge in [-0.1, -0.05) is 0 Å². The van der Waals surface area contributed by atoms with Gasteiger partial charge in [-0.15, -0.1) is 0 Å². The van der Waals surface area contributed by atoms with Crippen molar-refractivity contribution in [1.29, 1.82) is 0 Å². The Hall–Kier alpha value is -1.97. The Kier molecular flexibility index (Phi) is 3.85. The number of hydrogen-bond donors (Lipinski definition) is 4. The number of anilines is 1. The number of aliphatic hydroxyl groups excluding tert-OH is 3. The third-order valence-corrected chi connectivity index (χ3v) is 4.24. The van der Waals surface area contributed by atoms with Crippen LogP contribution >= 0.6 is 0 Å². The summed E-state index contributed by atoms with van der Waals surface area (Å²) in [5, 5.41) is 28.6. The Labute approximate surface area is 126 Å². The first kappa shape index (κ1) is 14.9. The lowest BCUT2D eigenvalue weighted by Crippen LogP contribution is -2.50. The van der Waals surface area contributed by atoms with Crippen LogP contribution in [0.5, 0.6) is 5.88 Å². The molecule has 0 bridgehead atoms. The number of aliphatic hydroxyl groups is 3. The maximum atomic E-state index is 9.79. The smallest absolute Gasteiger partial charge is 0.246 e. The minimum absolute atomic E-state index is 0.0248. The number of fused-ring (bicyclic) bond motifs is 1. The zero-order chi connectivity index (χ0) is 15.9. The van der Waals surface area contributed by atoms with Gasteiger partial charge in [0, 0.05) is 12.5 Å². The van der Waals surface area contributed by atoms with Crippen LogP contribution in [0, 0.1) is 11.8 Å². The molecule has 22 heavy (non-hydrogen) atoms. The van der Waals surface area contributed by atoms with Crippen molar-refractivity contribution in [3.63, 3.8) is 0 Å². The minimum atomic E-state index is -0.933. The van der Waals surface area contributed by atoms with Gasteiger partial charge in [0.25, 0.3) is 0 Å². The van der Waals surface area contributed by atoms with Crippen molar-refractivity contribution in [1.82, 2.24) is 19.5 Å². The molecule has 2 aromatic rings. The van der Waals surface area contributed by atoms with E-state index < -0.39 is 12.2 Å². The molecule has 1 fully saturated rings. The van der Waals surface area contributed by atoms with Crippen LogP contribution in [0.4, 0.5) is 5.95 Å². The minimum Gasteiger partial charge on any atom is -0.479 e. The lowest BCUT2D eigenvalue weighted by atomic mass is 9.68. The molecule has 5 N–H and O–H groups in total. The van der Waals surface area contributed by atoms with E-state index in [2.05, 4.69) is 15.0 Å². The zero-order valence-corrected chi connectivity index (χ0v) is 12.1. The molecular formula is C13H19N5O4. The summed E-state index contributed by atoms with van der Waals surface area (Å²) in [6, 6.07) is 0. The van der Waals surface area contributed by atoms with Crippen LogP contribution in [-0.2, 0) is 6.54 Å². The van der Waals surface area contributed by atoms with E-state index in [1.165, 1.54) is 7.11 Å². The van der Waals surface area contributed by atoms with Gasteiger partial charge in [0.15, 0.2) is 11.2 Å². The molecule has 2 heterocycles. The first-order chi connectivity index (χ1) is 10.5. The Morgan fingerprint density at radius 3 is 2.91 bits per heavy atom. The highest BCUT2D eigenvalue weighted by atomic mass is 16.5. The summed E-state index contributed by atoms with van der Waals surface area (Å²) in [4.78, 5) is 12.4.